The monoisotopic (exact) mass is 200 g/mol. The van der Waals surface area contributed by atoms with Gasteiger partial charge in [0, 0.05) is 18.0 Å². The Morgan fingerprint density at radius 2 is 2.07 bits per heavy atom. The first-order chi connectivity index (χ1) is 7.18. The molecule has 1 aromatic carbocycles. The van der Waals surface area contributed by atoms with Crippen molar-refractivity contribution < 1.29 is 4.79 Å². The van der Waals surface area contributed by atoms with Crippen molar-refractivity contribution in [2.75, 3.05) is 0 Å². The van der Waals surface area contributed by atoms with Gasteiger partial charge in [-0.05, 0) is 37.1 Å². The van der Waals surface area contributed by atoms with Crippen LogP contribution in [0.4, 0.5) is 0 Å². The zero-order chi connectivity index (χ0) is 10.8. The van der Waals surface area contributed by atoms with Crippen LogP contribution in [-0.4, -0.2) is 15.5 Å². The largest absolute Gasteiger partial charge is 0.272 e. The van der Waals surface area contributed by atoms with Gasteiger partial charge in [0.25, 0.3) is 5.91 Å². The standard InChI is InChI=1S/C12H12N2O/c1-9-3-4-11(7-10(9)2)12(15)14-6-5-13-8-14/h3-8H,1-2H3. The normalized spacial score (nSPS) is 10.3. The fourth-order valence-corrected chi connectivity index (χ4v) is 1.40. The van der Waals surface area contributed by atoms with Crippen LogP contribution < -0.4 is 0 Å². The first-order valence-electron chi connectivity index (χ1n) is 4.78. The summed E-state index contributed by atoms with van der Waals surface area (Å²) in [5, 5.41) is 0. The smallest absolute Gasteiger partial charge is 0.263 e. The molecule has 1 heterocycles. The summed E-state index contributed by atoms with van der Waals surface area (Å²) in [5.74, 6) is -0.0457. The van der Waals surface area contributed by atoms with Crippen molar-refractivity contribution in [1.29, 1.82) is 0 Å². The molecule has 0 aliphatic carbocycles. The first kappa shape index (κ1) is 9.65. The lowest BCUT2D eigenvalue weighted by Gasteiger charge is -2.04. The Balaban J connectivity index is 2.39. The molecule has 0 atom stereocenters. The van der Waals surface area contributed by atoms with E-state index in [-0.39, 0.29) is 5.91 Å². The molecule has 3 heteroatoms. The lowest BCUT2D eigenvalue weighted by atomic mass is 10.1. The third kappa shape index (κ3) is 1.81. The first-order valence-corrected chi connectivity index (χ1v) is 4.78. The van der Waals surface area contributed by atoms with E-state index in [0.717, 1.165) is 5.56 Å². The SMILES string of the molecule is Cc1ccc(C(=O)n2ccnc2)cc1C. The van der Waals surface area contributed by atoms with Crippen molar-refractivity contribution in [3.8, 4) is 0 Å². The van der Waals surface area contributed by atoms with Gasteiger partial charge in [-0.15, -0.1) is 0 Å². The number of aryl methyl sites for hydroxylation is 2. The average Bonchev–Trinajstić information content (AvgIpc) is 2.74. The highest BCUT2D eigenvalue weighted by molar-refractivity contribution is 5.96. The number of imidazole rings is 1. The second-order valence-corrected chi connectivity index (χ2v) is 3.57. The lowest BCUT2D eigenvalue weighted by Crippen LogP contribution is -2.09. The molecule has 2 aromatic rings. The minimum absolute atomic E-state index is 0.0457. The molecule has 0 saturated heterocycles. The summed E-state index contributed by atoms with van der Waals surface area (Å²) in [5.41, 5.74) is 3.01. The second kappa shape index (κ2) is 3.69. The zero-order valence-corrected chi connectivity index (χ0v) is 8.77. The molecule has 0 aliphatic rings. The van der Waals surface area contributed by atoms with Gasteiger partial charge in [0.15, 0.2) is 0 Å². The molecule has 76 valence electrons. The number of hydrogen-bond acceptors (Lipinski definition) is 2. The van der Waals surface area contributed by atoms with Gasteiger partial charge < -0.3 is 0 Å². The zero-order valence-electron chi connectivity index (χ0n) is 8.77. The van der Waals surface area contributed by atoms with E-state index < -0.39 is 0 Å². The van der Waals surface area contributed by atoms with Crippen molar-refractivity contribution >= 4 is 5.91 Å². The molecule has 0 fully saturated rings. The molecule has 1 aromatic heterocycles. The van der Waals surface area contributed by atoms with Crippen LogP contribution in [0.25, 0.3) is 0 Å². The molecular formula is C12H12N2O. The Morgan fingerprint density at radius 1 is 1.27 bits per heavy atom. The summed E-state index contributed by atoms with van der Waals surface area (Å²) in [6, 6.07) is 5.70. The van der Waals surface area contributed by atoms with Crippen LogP contribution in [0.2, 0.25) is 0 Å². The highest BCUT2D eigenvalue weighted by Gasteiger charge is 2.07. The number of carbonyl (C=O) groups is 1. The molecule has 15 heavy (non-hydrogen) atoms. The molecule has 2 rings (SSSR count). The van der Waals surface area contributed by atoms with Crippen molar-refractivity contribution in [1.82, 2.24) is 9.55 Å². The molecule has 0 radical (unpaired) electrons. The van der Waals surface area contributed by atoms with E-state index in [2.05, 4.69) is 4.98 Å². The van der Waals surface area contributed by atoms with Crippen LogP contribution in [0.15, 0.2) is 36.9 Å². The van der Waals surface area contributed by atoms with Crippen LogP contribution in [0.1, 0.15) is 21.5 Å². The molecule has 0 bridgehead atoms. The Hall–Kier alpha value is -1.90. The summed E-state index contributed by atoms with van der Waals surface area (Å²) in [4.78, 5) is 15.7. The minimum atomic E-state index is -0.0457. The molecule has 0 unspecified atom stereocenters. The predicted molar refractivity (Wildman–Crippen MR) is 57.9 cm³/mol. The molecule has 3 nitrogen and oxygen atoms in total. The highest BCUT2D eigenvalue weighted by atomic mass is 16.2. The van der Waals surface area contributed by atoms with Gasteiger partial charge in [-0.25, -0.2) is 4.98 Å². The predicted octanol–water partition coefficient (Wildman–Crippen LogP) is 2.19. The van der Waals surface area contributed by atoms with Crippen LogP contribution in [0.3, 0.4) is 0 Å². The number of hydrogen-bond donors (Lipinski definition) is 0. The fraction of sp³-hybridized carbons (Fsp3) is 0.167. The summed E-state index contributed by atoms with van der Waals surface area (Å²) in [6.45, 7) is 4.03. The van der Waals surface area contributed by atoms with Crippen LogP contribution in [0.5, 0.6) is 0 Å². The maximum atomic E-state index is 11.9. The summed E-state index contributed by atoms with van der Waals surface area (Å²) in [7, 11) is 0. The molecule has 0 aliphatic heterocycles. The van der Waals surface area contributed by atoms with Crippen molar-refractivity contribution in [3.63, 3.8) is 0 Å². The van der Waals surface area contributed by atoms with Crippen molar-refractivity contribution in [2.24, 2.45) is 0 Å². The number of rotatable bonds is 1. The Morgan fingerprint density at radius 3 is 2.67 bits per heavy atom. The molecule has 0 N–H and O–H groups in total. The van der Waals surface area contributed by atoms with E-state index in [4.69, 9.17) is 0 Å². The molecule has 0 spiro atoms. The van der Waals surface area contributed by atoms with E-state index in [9.17, 15) is 4.79 Å². The van der Waals surface area contributed by atoms with Crippen LogP contribution in [-0.2, 0) is 0 Å². The van der Waals surface area contributed by atoms with Gasteiger partial charge in [-0.1, -0.05) is 6.07 Å². The Kier molecular flexibility index (Phi) is 2.37. The third-order valence-corrected chi connectivity index (χ3v) is 2.49. The highest BCUT2D eigenvalue weighted by Crippen LogP contribution is 2.11. The number of aromatic nitrogens is 2. The van der Waals surface area contributed by atoms with Gasteiger partial charge in [0.2, 0.25) is 0 Å². The minimum Gasteiger partial charge on any atom is -0.272 e. The summed E-state index contributed by atoms with van der Waals surface area (Å²) < 4.78 is 1.48. The summed E-state index contributed by atoms with van der Waals surface area (Å²) >= 11 is 0. The summed E-state index contributed by atoms with van der Waals surface area (Å²) in [6.07, 6.45) is 4.76. The Labute approximate surface area is 88.4 Å². The van der Waals surface area contributed by atoms with Gasteiger partial charge in [-0.2, -0.15) is 0 Å². The van der Waals surface area contributed by atoms with E-state index >= 15 is 0 Å². The van der Waals surface area contributed by atoms with Gasteiger partial charge >= 0.3 is 0 Å². The Bertz CT molecular complexity index is 486. The maximum absolute atomic E-state index is 11.9. The van der Waals surface area contributed by atoms with Gasteiger partial charge in [-0.3, -0.25) is 9.36 Å². The maximum Gasteiger partial charge on any atom is 0.263 e. The number of nitrogens with zero attached hydrogens (tertiary/aromatic N) is 2. The number of benzene rings is 1. The van der Waals surface area contributed by atoms with Gasteiger partial charge in [0.1, 0.15) is 6.33 Å². The third-order valence-electron chi connectivity index (χ3n) is 2.49. The molecule has 0 amide bonds. The van der Waals surface area contributed by atoms with E-state index in [1.54, 1.807) is 12.4 Å². The molecular weight excluding hydrogens is 188 g/mol. The topological polar surface area (TPSA) is 34.9 Å². The lowest BCUT2D eigenvalue weighted by molar-refractivity contribution is 0.0959. The second-order valence-electron chi connectivity index (χ2n) is 3.57. The molecule has 0 saturated carbocycles. The quantitative estimate of drug-likeness (QED) is 0.707. The van der Waals surface area contributed by atoms with E-state index in [1.807, 2.05) is 32.0 Å². The van der Waals surface area contributed by atoms with Crippen LogP contribution in [0, 0.1) is 13.8 Å². The number of carbonyl (C=O) groups excluding carboxylic acids is 1. The van der Waals surface area contributed by atoms with E-state index in [1.165, 1.54) is 16.5 Å². The average molecular weight is 200 g/mol. The van der Waals surface area contributed by atoms with Crippen molar-refractivity contribution in [3.05, 3.63) is 53.6 Å². The van der Waals surface area contributed by atoms with Crippen molar-refractivity contribution in [2.45, 2.75) is 13.8 Å². The van der Waals surface area contributed by atoms with Gasteiger partial charge in [0.05, 0.1) is 0 Å². The van der Waals surface area contributed by atoms with Crippen LogP contribution >= 0.6 is 0 Å². The van der Waals surface area contributed by atoms with E-state index in [0.29, 0.717) is 5.56 Å². The fourth-order valence-electron chi connectivity index (χ4n) is 1.40.